The highest BCUT2D eigenvalue weighted by atomic mass is 35.5. The fourth-order valence-electron chi connectivity index (χ4n) is 4.05. The number of hydrogen-bond donors (Lipinski definition) is 0. The molecule has 1 saturated carbocycles. The summed E-state index contributed by atoms with van der Waals surface area (Å²) >= 11 is 6.08. The van der Waals surface area contributed by atoms with E-state index in [4.69, 9.17) is 21.6 Å². The molecule has 1 aliphatic carbocycles. The Morgan fingerprint density at radius 2 is 2.07 bits per heavy atom. The molecule has 1 saturated heterocycles. The minimum atomic E-state index is -0.0453. The van der Waals surface area contributed by atoms with Gasteiger partial charge in [-0.15, -0.1) is 5.11 Å². The highest BCUT2D eigenvalue weighted by Gasteiger charge is 2.43. The molecule has 2 aliphatic heterocycles. The monoisotopic (exact) mass is 382 g/mol. The first kappa shape index (κ1) is 17.7. The Balaban J connectivity index is 1.35. The molecule has 0 bridgehead atoms. The molecule has 4 rings (SSSR count). The fourth-order valence-corrected chi connectivity index (χ4v) is 4.27. The minimum absolute atomic E-state index is 0.0453. The Hall–Kier alpha value is -2.65. The molecule has 2 unspecified atom stereocenters. The lowest BCUT2D eigenvalue weighted by atomic mass is 10.0. The molecule has 138 valence electrons. The first-order valence-corrected chi connectivity index (χ1v) is 9.41. The Bertz CT molecular complexity index is 872. The summed E-state index contributed by atoms with van der Waals surface area (Å²) in [5.74, 6) is 1.52. The van der Waals surface area contributed by atoms with E-state index in [1.54, 1.807) is 24.3 Å². The summed E-state index contributed by atoms with van der Waals surface area (Å²) in [6.45, 7) is 1.97. The second-order valence-corrected chi connectivity index (χ2v) is 7.51. The van der Waals surface area contributed by atoms with Crippen molar-refractivity contribution in [2.45, 2.75) is 18.9 Å². The summed E-state index contributed by atoms with van der Waals surface area (Å²) in [6.07, 6.45) is 7.37. The Kier molecular flexibility index (Phi) is 4.95. The summed E-state index contributed by atoms with van der Waals surface area (Å²) in [6, 6.07) is 7.20. The van der Waals surface area contributed by atoms with E-state index in [0.29, 0.717) is 40.4 Å². The number of ether oxygens (including phenoxy) is 1. The van der Waals surface area contributed by atoms with Gasteiger partial charge in [0, 0.05) is 19.2 Å². The van der Waals surface area contributed by atoms with Crippen LogP contribution in [0.1, 0.15) is 18.4 Å². The van der Waals surface area contributed by atoms with Gasteiger partial charge in [-0.05, 0) is 42.9 Å². The standard InChI is InChI=1S/C20H19ClN4O2/c21-18-9-16(5-4-13(18)10-22)27-17-7-14-11-25(12-15(14)8-17)20(26)19-3-1-2-6-23-24-19/h1-5,9,14-15,17H,6-8,11-12H2. The number of halogens is 1. The smallest absolute Gasteiger partial charge is 0.274 e. The van der Waals surface area contributed by atoms with E-state index in [1.807, 2.05) is 23.1 Å². The van der Waals surface area contributed by atoms with Gasteiger partial charge in [-0.25, -0.2) is 0 Å². The third kappa shape index (κ3) is 3.74. The maximum Gasteiger partial charge on any atom is 0.274 e. The molecule has 3 aliphatic rings. The van der Waals surface area contributed by atoms with E-state index in [-0.39, 0.29) is 12.0 Å². The maximum absolute atomic E-state index is 12.7. The predicted molar refractivity (Wildman–Crippen MR) is 100 cm³/mol. The molecule has 1 aromatic carbocycles. The van der Waals surface area contributed by atoms with Crippen LogP contribution in [-0.2, 0) is 4.79 Å². The molecule has 0 N–H and O–H groups in total. The van der Waals surface area contributed by atoms with Crippen LogP contribution in [0.15, 0.2) is 52.4 Å². The molecular formula is C20H19ClN4O2. The lowest BCUT2D eigenvalue weighted by Gasteiger charge is -2.20. The van der Waals surface area contributed by atoms with Crippen molar-refractivity contribution in [2.24, 2.45) is 22.1 Å². The van der Waals surface area contributed by atoms with E-state index in [0.717, 1.165) is 25.9 Å². The molecule has 0 aromatic heterocycles. The van der Waals surface area contributed by atoms with Gasteiger partial charge in [0.15, 0.2) is 5.70 Å². The minimum Gasteiger partial charge on any atom is -0.490 e. The number of hydrogen-bond acceptors (Lipinski definition) is 5. The quantitative estimate of drug-likeness (QED) is 0.798. The number of likely N-dealkylation sites (tertiary alicyclic amines) is 1. The van der Waals surface area contributed by atoms with Gasteiger partial charge in [0.25, 0.3) is 5.91 Å². The molecular weight excluding hydrogens is 364 g/mol. The molecule has 2 heterocycles. The molecule has 27 heavy (non-hydrogen) atoms. The molecule has 0 spiro atoms. The zero-order valence-corrected chi connectivity index (χ0v) is 15.5. The Morgan fingerprint density at radius 1 is 1.30 bits per heavy atom. The number of carbonyl (C=O) groups is 1. The fraction of sp³-hybridized carbons (Fsp3) is 0.400. The highest BCUT2D eigenvalue weighted by Crippen LogP contribution is 2.40. The molecule has 0 radical (unpaired) electrons. The number of carbonyl (C=O) groups excluding carboxylic acids is 1. The number of allylic oxidation sites excluding steroid dienone is 2. The van der Waals surface area contributed by atoms with Crippen molar-refractivity contribution in [3.05, 3.63) is 52.7 Å². The van der Waals surface area contributed by atoms with Crippen molar-refractivity contribution in [3.8, 4) is 11.8 Å². The summed E-state index contributed by atoms with van der Waals surface area (Å²) < 4.78 is 6.07. The summed E-state index contributed by atoms with van der Waals surface area (Å²) in [5, 5.41) is 17.4. The predicted octanol–water partition coefficient (Wildman–Crippen LogP) is 3.73. The van der Waals surface area contributed by atoms with Gasteiger partial charge in [0.05, 0.1) is 23.2 Å². The largest absolute Gasteiger partial charge is 0.490 e. The molecule has 6 nitrogen and oxygen atoms in total. The molecule has 1 amide bonds. The van der Waals surface area contributed by atoms with Crippen LogP contribution in [0.3, 0.4) is 0 Å². The van der Waals surface area contributed by atoms with E-state index in [9.17, 15) is 4.79 Å². The van der Waals surface area contributed by atoms with Gasteiger partial charge in [-0.1, -0.05) is 23.8 Å². The number of nitriles is 1. The molecule has 2 atom stereocenters. The number of fused-ring (bicyclic) bond motifs is 1. The van der Waals surface area contributed by atoms with Crippen LogP contribution in [-0.4, -0.2) is 36.5 Å². The third-order valence-corrected chi connectivity index (χ3v) is 5.65. The van der Waals surface area contributed by atoms with Crippen LogP contribution in [0, 0.1) is 23.2 Å². The van der Waals surface area contributed by atoms with Crippen molar-refractivity contribution >= 4 is 17.5 Å². The van der Waals surface area contributed by atoms with Crippen molar-refractivity contribution in [1.82, 2.24) is 4.90 Å². The van der Waals surface area contributed by atoms with Crippen LogP contribution in [0.2, 0.25) is 5.02 Å². The molecule has 7 heteroatoms. The third-order valence-electron chi connectivity index (χ3n) is 5.33. The van der Waals surface area contributed by atoms with Crippen LogP contribution in [0.25, 0.3) is 0 Å². The summed E-state index contributed by atoms with van der Waals surface area (Å²) in [5.41, 5.74) is 0.852. The lowest BCUT2D eigenvalue weighted by Crippen LogP contribution is -2.31. The normalized spacial score (nSPS) is 26.3. The van der Waals surface area contributed by atoms with Gasteiger partial charge in [0.1, 0.15) is 11.8 Å². The number of benzene rings is 1. The molecule has 2 fully saturated rings. The van der Waals surface area contributed by atoms with Gasteiger partial charge in [-0.2, -0.15) is 10.4 Å². The van der Waals surface area contributed by atoms with Gasteiger partial charge < -0.3 is 9.64 Å². The number of azo groups is 1. The Morgan fingerprint density at radius 3 is 2.78 bits per heavy atom. The average Bonchev–Trinajstić information content (AvgIpc) is 3.08. The first-order chi connectivity index (χ1) is 13.1. The van der Waals surface area contributed by atoms with Gasteiger partial charge in [-0.3, -0.25) is 4.79 Å². The van der Waals surface area contributed by atoms with Crippen molar-refractivity contribution in [2.75, 3.05) is 19.6 Å². The van der Waals surface area contributed by atoms with Crippen LogP contribution >= 0.6 is 11.6 Å². The summed E-state index contributed by atoms with van der Waals surface area (Å²) in [4.78, 5) is 14.5. The van der Waals surface area contributed by atoms with Crippen LogP contribution in [0.4, 0.5) is 0 Å². The number of rotatable bonds is 3. The van der Waals surface area contributed by atoms with Gasteiger partial charge >= 0.3 is 0 Å². The van der Waals surface area contributed by atoms with Crippen molar-refractivity contribution in [1.29, 1.82) is 5.26 Å². The Labute approximate surface area is 162 Å². The first-order valence-electron chi connectivity index (χ1n) is 9.04. The average molecular weight is 383 g/mol. The highest BCUT2D eigenvalue weighted by molar-refractivity contribution is 6.31. The second-order valence-electron chi connectivity index (χ2n) is 7.10. The number of nitrogens with zero attached hydrogens (tertiary/aromatic N) is 4. The van der Waals surface area contributed by atoms with E-state index < -0.39 is 0 Å². The molecule has 1 aromatic rings. The van der Waals surface area contributed by atoms with E-state index >= 15 is 0 Å². The topological polar surface area (TPSA) is 78.0 Å². The van der Waals surface area contributed by atoms with Gasteiger partial charge in [0.2, 0.25) is 0 Å². The summed E-state index contributed by atoms with van der Waals surface area (Å²) in [7, 11) is 0. The number of amides is 1. The second kappa shape index (κ2) is 7.53. The van der Waals surface area contributed by atoms with Crippen molar-refractivity contribution < 1.29 is 9.53 Å². The van der Waals surface area contributed by atoms with Crippen LogP contribution in [0.5, 0.6) is 5.75 Å². The van der Waals surface area contributed by atoms with Crippen molar-refractivity contribution in [3.63, 3.8) is 0 Å². The lowest BCUT2D eigenvalue weighted by molar-refractivity contribution is -0.126. The maximum atomic E-state index is 12.7. The van der Waals surface area contributed by atoms with Crippen LogP contribution < -0.4 is 4.74 Å². The SMILES string of the molecule is N#Cc1ccc(OC2CC3CN(C(=O)C4=CC=CCN=N4)CC3C2)cc1Cl. The van der Waals surface area contributed by atoms with E-state index in [1.165, 1.54) is 0 Å². The zero-order valence-electron chi connectivity index (χ0n) is 14.7. The van der Waals surface area contributed by atoms with E-state index in [2.05, 4.69) is 10.2 Å². The zero-order chi connectivity index (χ0) is 18.8.